The molecule has 0 fully saturated rings. The Bertz CT molecular complexity index is 321. The summed E-state index contributed by atoms with van der Waals surface area (Å²) in [6.45, 7) is 4.27. The molecule has 0 heterocycles. The van der Waals surface area contributed by atoms with Crippen molar-refractivity contribution in [1.82, 2.24) is 5.43 Å². The predicted octanol–water partition coefficient (Wildman–Crippen LogP) is 1.84. The van der Waals surface area contributed by atoms with Crippen LogP contribution in [0.3, 0.4) is 0 Å². The van der Waals surface area contributed by atoms with Gasteiger partial charge in [0.25, 0.3) is 0 Å². The Labute approximate surface area is 84.5 Å². The van der Waals surface area contributed by atoms with E-state index in [9.17, 15) is 0 Å². The Balaban J connectivity index is 2.88. The molecule has 0 saturated heterocycles. The van der Waals surface area contributed by atoms with E-state index in [1.807, 2.05) is 24.3 Å². The van der Waals surface area contributed by atoms with Gasteiger partial charge < -0.3 is 0 Å². The predicted molar refractivity (Wildman–Crippen MR) is 56.2 cm³/mol. The van der Waals surface area contributed by atoms with E-state index < -0.39 is 6.04 Å². The van der Waals surface area contributed by atoms with E-state index in [2.05, 4.69) is 25.3 Å². The zero-order valence-corrected chi connectivity index (χ0v) is 8.49. The maximum Gasteiger partial charge on any atom is 0.133 e. The summed E-state index contributed by atoms with van der Waals surface area (Å²) in [6, 6.07) is 9.59. The lowest BCUT2D eigenvalue weighted by atomic mass is 10.00. The Morgan fingerprint density at radius 1 is 1.21 bits per heavy atom. The molecule has 1 rings (SSSR count). The number of nitrogens with zero attached hydrogens (tertiary/aromatic N) is 1. The van der Waals surface area contributed by atoms with Gasteiger partial charge >= 0.3 is 0 Å². The third kappa shape index (κ3) is 2.32. The van der Waals surface area contributed by atoms with Crippen LogP contribution in [-0.4, -0.2) is 0 Å². The maximum absolute atomic E-state index is 8.77. The van der Waals surface area contributed by atoms with E-state index in [0.29, 0.717) is 5.92 Å². The zero-order valence-electron chi connectivity index (χ0n) is 8.49. The second-order valence-electron chi connectivity index (χ2n) is 3.55. The van der Waals surface area contributed by atoms with Crippen molar-refractivity contribution in [3.8, 4) is 6.07 Å². The van der Waals surface area contributed by atoms with Gasteiger partial charge in [-0.3, -0.25) is 5.84 Å². The maximum atomic E-state index is 8.77. The minimum atomic E-state index is -0.420. The smallest absolute Gasteiger partial charge is 0.133 e. The first-order valence-electron chi connectivity index (χ1n) is 4.64. The Morgan fingerprint density at radius 2 is 1.71 bits per heavy atom. The average Bonchev–Trinajstić information content (AvgIpc) is 2.20. The number of nitrogens with two attached hydrogens (primary N) is 1. The number of hydrogen-bond acceptors (Lipinski definition) is 3. The van der Waals surface area contributed by atoms with Crippen molar-refractivity contribution in [3.05, 3.63) is 35.4 Å². The zero-order chi connectivity index (χ0) is 10.6. The van der Waals surface area contributed by atoms with Gasteiger partial charge in [-0.2, -0.15) is 5.26 Å². The van der Waals surface area contributed by atoms with Gasteiger partial charge in [-0.15, -0.1) is 0 Å². The molecular weight excluding hydrogens is 174 g/mol. The molecule has 3 heteroatoms. The quantitative estimate of drug-likeness (QED) is 0.563. The van der Waals surface area contributed by atoms with Gasteiger partial charge in [-0.1, -0.05) is 38.1 Å². The van der Waals surface area contributed by atoms with Crippen LogP contribution >= 0.6 is 0 Å². The molecule has 3 nitrogen and oxygen atoms in total. The summed E-state index contributed by atoms with van der Waals surface area (Å²) in [6.07, 6.45) is 0. The fourth-order valence-corrected chi connectivity index (χ4v) is 1.28. The van der Waals surface area contributed by atoms with Crippen molar-refractivity contribution >= 4 is 0 Å². The van der Waals surface area contributed by atoms with Gasteiger partial charge in [0, 0.05) is 0 Å². The van der Waals surface area contributed by atoms with E-state index in [1.165, 1.54) is 5.56 Å². The van der Waals surface area contributed by atoms with Crippen molar-refractivity contribution in [2.75, 3.05) is 0 Å². The first-order valence-corrected chi connectivity index (χ1v) is 4.64. The molecule has 3 N–H and O–H groups in total. The highest BCUT2D eigenvalue weighted by atomic mass is 15.2. The number of hydrogen-bond donors (Lipinski definition) is 2. The summed E-state index contributed by atoms with van der Waals surface area (Å²) in [7, 11) is 0. The van der Waals surface area contributed by atoms with Crippen molar-refractivity contribution in [1.29, 1.82) is 5.26 Å². The molecule has 0 aliphatic heterocycles. The van der Waals surface area contributed by atoms with Gasteiger partial charge in [-0.05, 0) is 17.0 Å². The Morgan fingerprint density at radius 3 is 2.07 bits per heavy atom. The molecule has 0 amide bonds. The van der Waals surface area contributed by atoms with E-state index in [4.69, 9.17) is 11.1 Å². The lowest BCUT2D eigenvalue weighted by molar-refractivity contribution is 0.666. The van der Waals surface area contributed by atoms with Gasteiger partial charge in [0.15, 0.2) is 0 Å². The summed E-state index contributed by atoms with van der Waals surface area (Å²) >= 11 is 0. The third-order valence-electron chi connectivity index (χ3n) is 2.23. The summed E-state index contributed by atoms with van der Waals surface area (Å²) in [5.74, 6) is 5.75. The molecule has 0 spiro atoms. The highest BCUT2D eigenvalue weighted by Crippen LogP contribution is 2.17. The molecule has 0 saturated carbocycles. The lowest BCUT2D eigenvalue weighted by Crippen LogP contribution is -2.26. The number of benzene rings is 1. The van der Waals surface area contributed by atoms with Gasteiger partial charge in [-0.25, -0.2) is 5.43 Å². The SMILES string of the molecule is CC(C)c1ccc(C(C#N)NN)cc1. The summed E-state index contributed by atoms with van der Waals surface area (Å²) in [5, 5.41) is 8.77. The third-order valence-corrected chi connectivity index (χ3v) is 2.23. The van der Waals surface area contributed by atoms with Crippen molar-refractivity contribution in [2.24, 2.45) is 5.84 Å². The van der Waals surface area contributed by atoms with E-state index in [1.54, 1.807) is 0 Å². The minimum Gasteiger partial charge on any atom is -0.270 e. The number of hydrazine groups is 1. The van der Waals surface area contributed by atoms with Crippen LogP contribution in [0.25, 0.3) is 0 Å². The van der Waals surface area contributed by atoms with Crippen LogP contribution < -0.4 is 11.3 Å². The van der Waals surface area contributed by atoms with Crippen LogP contribution in [0.15, 0.2) is 24.3 Å². The molecule has 1 unspecified atom stereocenters. The van der Waals surface area contributed by atoms with Crippen LogP contribution in [0.1, 0.15) is 36.9 Å². The molecule has 1 aromatic carbocycles. The molecule has 0 aromatic heterocycles. The van der Waals surface area contributed by atoms with E-state index in [0.717, 1.165) is 5.56 Å². The van der Waals surface area contributed by atoms with Gasteiger partial charge in [0.1, 0.15) is 6.04 Å². The molecule has 1 atom stereocenters. The van der Waals surface area contributed by atoms with Crippen molar-refractivity contribution in [2.45, 2.75) is 25.8 Å². The van der Waals surface area contributed by atoms with E-state index >= 15 is 0 Å². The first kappa shape index (κ1) is 10.7. The number of rotatable bonds is 3. The van der Waals surface area contributed by atoms with Gasteiger partial charge in [0.2, 0.25) is 0 Å². The topological polar surface area (TPSA) is 61.8 Å². The van der Waals surface area contributed by atoms with E-state index in [-0.39, 0.29) is 0 Å². The highest BCUT2D eigenvalue weighted by molar-refractivity contribution is 5.29. The van der Waals surface area contributed by atoms with Gasteiger partial charge in [0.05, 0.1) is 6.07 Å². The Kier molecular flexibility index (Phi) is 3.63. The lowest BCUT2D eigenvalue weighted by Gasteiger charge is -2.10. The summed E-state index contributed by atoms with van der Waals surface area (Å²) in [5.41, 5.74) is 4.62. The van der Waals surface area contributed by atoms with Crippen LogP contribution in [0.5, 0.6) is 0 Å². The fraction of sp³-hybridized carbons (Fsp3) is 0.364. The molecule has 14 heavy (non-hydrogen) atoms. The normalized spacial score (nSPS) is 12.5. The van der Waals surface area contributed by atoms with Crippen LogP contribution in [0, 0.1) is 11.3 Å². The molecule has 0 aliphatic carbocycles. The standard InChI is InChI=1S/C11H15N3/c1-8(2)9-3-5-10(6-4-9)11(7-12)14-13/h3-6,8,11,14H,13H2,1-2H3. The monoisotopic (exact) mass is 189 g/mol. The fourth-order valence-electron chi connectivity index (χ4n) is 1.28. The average molecular weight is 189 g/mol. The highest BCUT2D eigenvalue weighted by Gasteiger charge is 2.07. The summed E-state index contributed by atoms with van der Waals surface area (Å²) < 4.78 is 0. The molecule has 1 aromatic rings. The van der Waals surface area contributed by atoms with Crippen LogP contribution in [0.2, 0.25) is 0 Å². The first-order chi connectivity index (χ1) is 6.69. The molecule has 0 radical (unpaired) electrons. The van der Waals surface area contributed by atoms with Crippen LogP contribution in [-0.2, 0) is 0 Å². The van der Waals surface area contributed by atoms with Crippen molar-refractivity contribution < 1.29 is 0 Å². The number of nitrogens with one attached hydrogen (secondary N) is 1. The number of nitriles is 1. The van der Waals surface area contributed by atoms with Crippen LogP contribution in [0.4, 0.5) is 0 Å². The second kappa shape index (κ2) is 4.75. The summed E-state index contributed by atoms with van der Waals surface area (Å²) in [4.78, 5) is 0. The molecule has 0 aliphatic rings. The largest absolute Gasteiger partial charge is 0.270 e. The molecule has 74 valence electrons. The molecular formula is C11H15N3. The second-order valence-corrected chi connectivity index (χ2v) is 3.55. The van der Waals surface area contributed by atoms with Crippen molar-refractivity contribution in [3.63, 3.8) is 0 Å². The Hall–Kier alpha value is -1.37. The molecule has 0 bridgehead atoms. The minimum absolute atomic E-state index is 0.420.